The molecular formula is C13H21Zr-. The van der Waals surface area contributed by atoms with E-state index < -0.39 is 0 Å². The van der Waals surface area contributed by atoms with E-state index in [4.69, 9.17) is 0 Å². The standard InChI is InChI=1S/C13H21.Zr/c1-2-3-4-5-6-7-10-13-11-8-9-12-13;/h8-9,11-12H,2-7,10H2,1H3;/q-1;. The molecule has 1 heteroatoms. The number of rotatable bonds is 7. The molecule has 0 fully saturated rings. The summed E-state index contributed by atoms with van der Waals surface area (Å²) in [4.78, 5) is 0. The third-order valence-electron chi connectivity index (χ3n) is 2.55. The van der Waals surface area contributed by atoms with Gasteiger partial charge in [0.15, 0.2) is 0 Å². The van der Waals surface area contributed by atoms with Crippen LogP contribution in [0.1, 0.15) is 51.0 Å². The van der Waals surface area contributed by atoms with Gasteiger partial charge in [-0.25, -0.2) is 12.1 Å². The zero-order valence-electron chi connectivity index (χ0n) is 9.26. The topological polar surface area (TPSA) is 0 Å². The summed E-state index contributed by atoms with van der Waals surface area (Å²) in [7, 11) is 0. The van der Waals surface area contributed by atoms with Gasteiger partial charge in [-0.3, -0.25) is 0 Å². The molecule has 0 aliphatic rings. The molecule has 0 saturated heterocycles. The fourth-order valence-electron chi connectivity index (χ4n) is 1.69. The maximum absolute atomic E-state index is 2.27. The van der Waals surface area contributed by atoms with E-state index in [1.807, 2.05) is 0 Å². The second-order valence-corrected chi connectivity index (χ2v) is 3.81. The first kappa shape index (κ1) is 14.2. The van der Waals surface area contributed by atoms with Crippen molar-refractivity contribution in [2.24, 2.45) is 0 Å². The van der Waals surface area contributed by atoms with Crippen LogP contribution >= 0.6 is 0 Å². The zero-order valence-corrected chi connectivity index (χ0v) is 11.7. The molecule has 0 bridgehead atoms. The number of unbranched alkanes of at least 4 members (excludes halogenated alkanes) is 5. The van der Waals surface area contributed by atoms with Gasteiger partial charge in [-0.15, -0.1) is 0 Å². The molecule has 0 saturated carbocycles. The average Bonchev–Trinajstić information content (AvgIpc) is 2.63. The molecule has 0 amide bonds. The third kappa shape index (κ3) is 6.65. The van der Waals surface area contributed by atoms with Crippen molar-refractivity contribution < 1.29 is 26.2 Å². The molecule has 1 rings (SSSR count). The van der Waals surface area contributed by atoms with Crippen LogP contribution in [0.4, 0.5) is 0 Å². The van der Waals surface area contributed by atoms with Gasteiger partial charge in [0, 0.05) is 26.2 Å². The van der Waals surface area contributed by atoms with Crippen LogP contribution in [0, 0.1) is 0 Å². The quantitative estimate of drug-likeness (QED) is 0.511. The molecular weight excluding hydrogens is 247 g/mol. The predicted octanol–water partition coefficient (Wildman–Crippen LogP) is 4.31. The average molecular weight is 269 g/mol. The van der Waals surface area contributed by atoms with Gasteiger partial charge < -0.3 is 0 Å². The minimum Gasteiger partial charge on any atom is -0.213 e. The van der Waals surface area contributed by atoms with Crippen molar-refractivity contribution in [1.82, 2.24) is 0 Å². The van der Waals surface area contributed by atoms with Crippen LogP contribution < -0.4 is 0 Å². The van der Waals surface area contributed by atoms with Crippen molar-refractivity contribution in [3.05, 3.63) is 29.8 Å². The van der Waals surface area contributed by atoms with Crippen LogP contribution in [-0.2, 0) is 32.6 Å². The summed E-state index contributed by atoms with van der Waals surface area (Å²) in [5.74, 6) is 0. The van der Waals surface area contributed by atoms with Crippen molar-refractivity contribution in [2.45, 2.75) is 51.9 Å². The second kappa shape index (κ2) is 9.78. The van der Waals surface area contributed by atoms with E-state index in [9.17, 15) is 0 Å². The Balaban J connectivity index is 0.00000169. The first-order chi connectivity index (χ1) is 6.43. The molecule has 0 nitrogen and oxygen atoms in total. The van der Waals surface area contributed by atoms with Crippen LogP contribution in [0.15, 0.2) is 24.3 Å². The van der Waals surface area contributed by atoms with Crippen molar-refractivity contribution in [2.75, 3.05) is 0 Å². The van der Waals surface area contributed by atoms with Crippen LogP contribution in [0.5, 0.6) is 0 Å². The summed E-state index contributed by atoms with van der Waals surface area (Å²) in [5, 5.41) is 0. The minimum atomic E-state index is 0. The van der Waals surface area contributed by atoms with Gasteiger partial charge in [-0.05, 0) is 0 Å². The number of aryl methyl sites for hydroxylation is 1. The smallest absolute Gasteiger partial charge is 0 e. The molecule has 0 aliphatic heterocycles. The van der Waals surface area contributed by atoms with E-state index in [1.165, 1.54) is 50.5 Å². The molecule has 1 aromatic carbocycles. The first-order valence-electron chi connectivity index (χ1n) is 5.64. The molecule has 14 heavy (non-hydrogen) atoms. The van der Waals surface area contributed by atoms with Gasteiger partial charge in [0.25, 0.3) is 0 Å². The van der Waals surface area contributed by atoms with Crippen molar-refractivity contribution in [3.63, 3.8) is 0 Å². The van der Waals surface area contributed by atoms with E-state index >= 15 is 0 Å². The van der Waals surface area contributed by atoms with Gasteiger partial charge in [0.05, 0.1) is 0 Å². The summed E-state index contributed by atoms with van der Waals surface area (Å²) in [5.41, 5.74) is 1.51. The molecule has 1 aromatic rings. The van der Waals surface area contributed by atoms with Crippen molar-refractivity contribution >= 4 is 0 Å². The Hall–Kier alpha value is 0.233. The van der Waals surface area contributed by atoms with Gasteiger partial charge in [-0.1, -0.05) is 51.9 Å². The van der Waals surface area contributed by atoms with E-state index in [2.05, 4.69) is 31.2 Å². The Kier molecular flexibility index (Phi) is 9.94. The normalized spacial score (nSPS) is 9.79. The van der Waals surface area contributed by atoms with Crippen LogP contribution in [0.25, 0.3) is 0 Å². The van der Waals surface area contributed by atoms with E-state index in [-0.39, 0.29) is 26.2 Å². The summed E-state index contributed by atoms with van der Waals surface area (Å²) < 4.78 is 0. The molecule has 78 valence electrons. The second-order valence-electron chi connectivity index (χ2n) is 3.81. The van der Waals surface area contributed by atoms with Gasteiger partial charge in [0.1, 0.15) is 0 Å². The zero-order chi connectivity index (χ0) is 9.36. The molecule has 0 spiro atoms. The fraction of sp³-hybridized carbons (Fsp3) is 0.615. The largest absolute Gasteiger partial charge is 0.213 e. The number of hydrogen-bond acceptors (Lipinski definition) is 0. The van der Waals surface area contributed by atoms with Crippen molar-refractivity contribution in [3.8, 4) is 0 Å². The summed E-state index contributed by atoms with van der Waals surface area (Å²) in [6.45, 7) is 2.27. The van der Waals surface area contributed by atoms with Crippen LogP contribution in [-0.4, -0.2) is 0 Å². The third-order valence-corrected chi connectivity index (χ3v) is 2.55. The Bertz CT molecular complexity index is 189. The van der Waals surface area contributed by atoms with E-state index in [0.717, 1.165) is 0 Å². The minimum absolute atomic E-state index is 0. The number of hydrogen-bond donors (Lipinski definition) is 0. The predicted molar refractivity (Wildman–Crippen MR) is 59.1 cm³/mol. The van der Waals surface area contributed by atoms with Crippen molar-refractivity contribution in [1.29, 1.82) is 0 Å². The maximum Gasteiger partial charge on any atom is 0 e. The summed E-state index contributed by atoms with van der Waals surface area (Å²) >= 11 is 0. The Morgan fingerprint density at radius 2 is 1.43 bits per heavy atom. The van der Waals surface area contributed by atoms with Gasteiger partial charge in [0.2, 0.25) is 0 Å². The van der Waals surface area contributed by atoms with Gasteiger partial charge >= 0.3 is 0 Å². The Morgan fingerprint density at radius 1 is 0.857 bits per heavy atom. The van der Waals surface area contributed by atoms with Crippen LogP contribution in [0.2, 0.25) is 0 Å². The molecule has 0 N–H and O–H groups in total. The fourth-order valence-corrected chi connectivity index (χ4v) is 1.69. The Morgan fingerprint density at radius 3 is 2.07 bits per heavy atom. The van der Waals surface area contributed by atoms with E-state index in [0.29, 0.717) is 0 Å². The Labute approximate surface area is 108 Å². The first-order valence-corrected chi connectivity index (χ1v) is 5.64. The summed E-state index contributed by atoms with van der Waals surface area (Å²) in [6.07, 6.45) is 9.67. The summed E-state index contributed by atoms with van der Waals surface area (Å²) in [6, 6.07) is 8.72. The molecule has 0 aromatic heterocycles. The molecule has 0 aliphatic carbocycles. The molecule has 0 unspecified atom stereocenters. The monoisotopic (exact) mass is 267 g/mol. The molecule has 0 atom stereocenters. The van der Waals surface area contributed by atoms with Crippen LogP contribution in [0.3, 0.4) is 0 Å². The molecule has 0 radical (unpaired) electrons. The molecule has 0 heterocycles. The SMILES string of the molecule is CCCCCCCC[c-]1cccc1.[Zr]. The van der Waals surface area contributed by atoms with Gasteiger partial charge in [-0.2, -0.15) is 17.7 Å². The van der Waals surface area contributed by atoms with E-state index in [1.54, 1.807) is 0 Å². The maximum atomic E-state index is 2.27.